The fraction of sp³-hybridized carbons (Fsp3) is 0.545. The maximum atomic E-state index is 12.8. The molecule has 0 bridgehead atoms. The second kappa shape index (κ2) is 11.6. The fourth-order valence-corrected chi connectivity index (χ4v) is 4.18. The summed E-state index contributed by atoms with van der Waals surface area (Å²) >= 11 is 6.23. The van der Waals surface area contributed by atoms with E-state index < -0.39 is 29.4 Å². The maximum absolute atomic E-state index is 12.8. The van der Waals surface area contributed by atoms with Crippen LogP contribution < -0.4 is 16.6 Å². The summed E-state index contributed by atoms with van der Waals surface area (Å²) in [4.78, 5) is 37.8. The minimum Gasteiger partial charge on any atom is -0.393 e. The predicted octanol–water partition coefficient (Wildman–Crippen LogP) is 0.726. The van der Waals surface area contributed by atoms with E-state index in [9.17, 15) is 24.6 Å². The average molecular weight is 481 g/mol. The monoisotopic (exact) mass is 480 g/mol. The first kappa shape index (κ1) is 25.1. The number of nitrogens with one attached hydrogen (secondary N) is 1. The number of hydrogen-bond acceptors (Lipinski definition) is 7. The van der Waals surface area contributed by atoms with Gasteiger partial charge >= 0.3 is 5.69 Å². The SMILES string of the molecule is COCC(O)Cn1c(=O)cnn(-c2ccc(Cl)c(C(=O)NCC3CCCCCC3O)c2)c1=O. The highest BCUT2D eigenvalue weighted by Crippen LogP contribution is 2.24. The van der Waals surface area contributed by atoms with Crippen molar-refractivity contribution in [2.24, 2.45) is 5.92 Å². The maximum Gasteiger partial charge on any atom is 0.352 e. The Bertz CT molecular complexity index is 1090. The molecule has 0 spiro atoms. The van der Waals surface area contributed by atoms with Gasteiger partial charge in [0.1, 0.15) is 6.20 Å². The summed E-state index contributed by atoms with van der Waals surface area (Å²) in [6.07, 6.45) is 4.08. The zero-order valence-corrected chi connectivity index (χ0v) is 19.2. The number of carbonyl (C=O) groups is 1. The minimum atomic E-state index is -1.05. The summed E-state index contributed by atoms with van der Waals surface area (Å²) in [5.74, 6) is -0.458. The lowest BCUT2D eigenvalue weighted by atomic mass is 9.97. The van der Waals surface area contributed by atoms with Crippen LogP contribution >= 0.6 is 11.6 Å². The van der Waals surface area contributed by atoms with Crippen LogP contribution in [0.25, 0.3) is 5.69 Å². The van der Waals surface area contributed by atoms with Gasteiger partial charge in [0.25, 0.3) is 11.5 Å². The molecule has 1 aliphatic carbocycles. The van der Waals surface area contributed by atoms with Crippen LogP contribution in [-0.2, 0) is 11.3 Å². The zero-order chi connectivity index (χ0) is 24.0. The van der Waals surface area contributed by atoms with Gasteiger partial charge in [-0.3, -0.25) is 14.2 Å². The lowest BCUT2D eigenvalue weighted by molar-refractivity contribution is 0.0519. The van der Waals surface area contributed by atoms with Crippen LogP contribution in [0.2, 0.25) is 5.02 Å². The van der Waals surface area contributed by atoms with Crippen LogP contribution in [0.1, 0.15) is 42.5 Å². The van der Waals surface area contributed by atoms with Crippen LogP contribution in [0.4, 0.5) is 0 Å². The Morgan fingerprint density at radius 1 is 1.30 bits per heavy atom. The Labute approximate surface area is 195 Å². The van der Waals surface area contributed by atoms with Gasteiger partial charge < -0.3 is 20.3 Å². The van der Waals surface area contributed by atoms with Gasteiger partial charge in [0.15, 0.2) is 0 Å². The molecule has 0 aliphatic heterocycles. The third-order valence-electron chi connectivity index (χ3n) is 5.80. The van der Waals surface area contributed by atoms with E-state index in [-0.39, 0.29) is 35.3 Å². The molecule has 1 heterocycles. The molecule has 3 unspecified atom stereocenters. The van der Waals surface area contributed by atoms with Crippen LogP contribution in [0.3, 0.4) is 0 Å². The largest absolute Gasteiger partial charge is 0.393 e. The third kappa shape index (κ3) is 6.29. The molecule has 2 aromatic rings. The highest BCUT2D eigenvalue weighted by Gasteiger charge is 2.23. The first-order valence-electron chi connectivity index (χ1n) is 10.9. The molecule has 0 radical (unpaired) electrons. The highest BCUT2D eigenvalue weighted by molar-refractivity contribution is 6.33. The number of aliphatic hydroxyl groups excluding tert-OH is 2. The van der Waals surface area contributed by atoms with Crippen molar-refractivity contribution < 1.29 is 19.7 Å². The summed E-state index contributed by atoms with van der Waals surface area (Å²) in [5, 5.41) is 27.1. The third-order valence-corrected chi connectivity index (χ3v) is 6.13. The molecule has 33 heavy (non-hydrogen) atoms. The number of aliphatic hydroxyl groups is 2. The number of ether oxygens (including phenoxy) is 1. The van der Waals surface area contributed by atoms with Gasteiger partial charge in [-0.1, -0.05) is 30.9 Å². The van der Waals surface area contributed by atoms with E-state index in [2.05, 4.69) is 10.4 Å². The first-order chi connectivity index (χ1) is 15.8. The second-order valence-corrected chi connectivity index (χ2v) is 8.64. The quantitative estimate of drug-likeness (QED) is 0.474. The number of amides is 1. The molecule has 1 saturated carbocycles. The summed E-state index contributed by atoms with van der Waals surface area (Å²) in [6, 6.07) is 4.38. The number of hydrogen-bond donors (Lipinski definition) is 3. The Morgan fingerprint density at radius 3 is 2.82 bits per heavy atom. The average Bonchev–Trinajstić information content (AvgIpc) is 2.99. The van der Waals surface area contributed by atoms with Crippen LogP contribution in [-0.4, -0.2) is 62.9 Å². The molecule has 1 aliphatic rings. The van der Waals surface area contributed by atoms with Crippen molar-refractivity contribution in [3.63, 3.8) is 0 Å². The van der Waals surface area contributed by atoms with Crippen LogP contribution in [0.5, 0.6) is 0 Å². The number of rotatable bonds is 8. The van der Waals surface area contributed by atoms with E-state index >= 15 is 0 Å². The topological polar surface area (TPSA) is 136 Å². The number of carbonyl (C=O) groups excluding carboxylic acids is 1. The Hall–Kier alpha value is -2.53. The number of halogens is 1. The lowest BCUT2D eigenvalue weighted by Crippen LogP contribution is -2.43. The van der Waals surface area contributed by atoms with E-state index in [4.69, 9.17) is 16.3 Å². The number of benzene rings is 1. The van der Waals surface area contributed by atoms with Gasteiger partial charge in [-0.2, -0.15) is 9.78 Å². The Balaban J connectivity index is 1.83. The molecule has 1 amide bonds. The highest BCUT2D eigenvalue weighted by atomic mass is 35.5. The van der Waals surface area contributed by atoms with E-state index in [0.29, 0.717) is 6.54 Å². The molecule has 1 fully saturated rings. The number of aromatic nitrogens is 3. The van der Waals surface area contributed by atoms with Gasteiger partial charge in [0, 0.05) is 19.6 Å². The summed E-state index contributed by atoms with van der Waals surface area (Å²) in [5.41, 5.74) is -1.06. The molecule has 3 rings (SSSR count). The fourth-order valence-electron chi connectivity index (χ4n) is 3.98. The molecule has 3 N–H and O–H groups in total. The Morgan fingerprint density at radius 2 is 2.06 bits per heavy atom. The van der Waals surface area contributed by atoms with Crippen molar-refractivity contribution in [2.45, 2.75) is 50.9 Å². The minimum absolute atomic E-state index is 0.0234. The second-order valence-electron chi connectivity index (χ2n) is 8.24. The molecule has 180 valence electrons. The zero-order valence-electron chi connectivity index (χ0n) is 18.4. The van der Waals surface area contributed by atoms with Gasteiger partial charge in [0.2, 0.25) is 0 Å². The van der Waals surface area contributed by atoms with Crippen LogP contribution in [0.15, 0.2) is 34.0 Å². The normalized spacial score (nSPS) is 19.6. The molecular formula is C22H29ClN4O6. The van der Waals surface area contributed by atoms with Crippen molar-refractivity contribution >= 4 is 17.5 Å². The van der Waals surface area contributed by atoms with Gasteiger partial charge in [-0.25, -0.2) is 4.79 Å². The van der Waals surface area contributed by atoms with Crippen LogP contribution in [0, 0.1) is 5.92 Å². The molecule has 3 atom stereocenters. The summed E-state index contributed by atoms with van der Waals surface area (Å²) in [6.45, 7) is 0.00878. The van der Waals surface area contributed by atoms with E-state index in [1.54, 1.807) is 0 Å². The van der Waals surface area contributed by atoms with Gasteiger partial charge in [-0.15, -0.1) is 0 Å². The van der Waals surface area contributed by atoms with Crippen molar-refractivity contribution in [1.29, 1.82) is 0 Å². The standard InChI is InChI=1S/C22H29ClN4O6/c1-33-13-16(28)12-26-20(30)11-25-27(22(26)32)15-7-8-18(23)17(9-15)21(31)24-10-14-5-3-2-4-6-19(14)29/h7-9,11,14,16,19,28-29H,2-6,10,12-13H2,1H3,(H,24,31). The molecule has 10 nitrogen and oxygen atoms in total. The molecule has 1 aromatic heterocycles. The van der Waals surface area contributed by atoms with Gasteiger partial charge in [0.05, 0.1) is 41.6 Å². The van der Waals surface area contributed by atoms with Crippen molar-refractivity contribution in [3.05, 3.63) is 55.8 Å². The Kier molecular flexibility index (Phi) is 8.79. The smallest absolute Gasteiger partial charge is 0.352 e. The van der Waals surface area contributed by atoms with E-state index in [1.807, 2.05) is 0 Å². The van der Waals surface area contributed by atoms with Crippen molar-refractivity contribution in [1.82, 2.24) is 19.7 Å². The van der Waals surface area contributed by atoms with Gasteiger partial charge in [-0.05, 0) is 31.0 Å². The predicted molar refractivity (Wildman–Crippen MR) is 122 cm³/mol. The number of methoxy groups -OCH3 is 1. The summed E-state index contributed by atoms with van der Waals surface area (Å²) in [7, 11) is 1.40. The molecule has 0 saturated heterocycles. The number of nitrogens with zero attached hydrogens (tertiary/aromatic N) is 3. The van der Waals surface area contributed by atoms with E-state index in [0.717, 1.165) is 47.5 Å². The molecule has 11 heteroatoms. The van der Waals surface area contributed by atoms with Crippen molar-refractivity contribution in [3.8, 4) is 5.69 Å². The van der Waals surface area contributed by atoms with E-state index in [1.165, 1.54) is 25.3 Å². The first-order valence-corrected chi connectivity index (χ1v) is 11.3. The summed E-state index contributed by atoms with van der Waals surface area (Å²) < 4.78 is 6.65. The van der Waals surface area contributed by atoms with Crippen molar-refractivity contribution in [2.75, 3.05) is 20.3 Å². The molecule has 1 aromatic carbocycles. The lowest BCUT2D eigenvalue weighted by Gasteiger charge is -2.21. The molecular weight excluding hydrogens is 452 g/mol.